The second-order valence-electron chi connectivity index (χ2n) is 11.5. The molecule has 1 aromatic carbocycles. The molecule has 1 fully saturated rings. The van der Waals surface area contributed by atoms with E-state index in [4.69, 9.17) is 14.1 Å². The van der Waals surface area contributed by atoms with E-state index < -0.39 is 15.6 Å². The number of fused-ring (bicyclic) bond motifs is 1. The Kier molecular flexibility index (Phi) is 8.53. The van der Waals surface area contributed by atoms with Crippen molar-refractivity contribution in [1.82, 2.24) is 24.9 Å². The van der Waals surface area contributed by atoms with Crippen LogP contribution < -0.4 is 4.72 Å². The van der Waals surface area contributed by atoms with Crippen LogP contribution in [0.4, 0.5) is 0 Å². The van der Waals surface area contributed by atoms with Crippen molar-refractivity contribution >= 4 is 38.6 Å². The Hall–Kier alpha value is -3.22. The molecule has 1 aliphatic carbocycles. The quantitative estimate of drug-likeness (QED) is 0.215. The second-order valence-corrected chi connectivity index (χ2v) is 14.1. The summed E-state index contributed by atoms with van der Waals surface area (Å²) in [6.45, 7) is 7.52. The van der Waals surface area contributed by atoms with Crippen LogP contribution in [0.3, 0.4) is 0 Å². The number of carbonyl (C=O) groups excluding carboxylic acids is 1. The lowest BCUT2D eigenvalue weighted by Crippen LogP contribution is -2.31. The maximum atomic E-state index is 13.1. The molecule has 0 radical (unpaired) electrons. The van der Waals surface area contributed by atoms with Gasteiger partial charge in [-0.05, 0) is 45.4 Å². The Morgan fingerprint density at radius 2 is 1.88 bits per heavy atom. The van der Waals surface area contributed by atoms with Gasteiger partial charge in [0.25, 0.3) is 22.4 Å². The molecule has 0 aliphatic heterocycles. The van der Waals surface area contributed by atoms with Crippen molar-refractivity contribution in [2.75, 3.05) is 0 Å². The zero-order valence-corrected chi connectivity index (χ0v) is 25.3. The second kappa shape index (κ2) is 11.9. The molecule has 5 rings (SSSR count). The van der Waals surface area contributed by atoms with Crippen molar-refractivity contribution in [2.24, 2.45) is 5.92 Å². The largest absolute Gasteiger partial charge is 0.461 e. The van der Waals surface area contributed by atoms with Crippen LogP contribution in [0.15, 0.2) is 39.9 Å². The van der Waals surface area contributed by atoms with Crippen molar-refractivity contribution in [3.63, 3.8) is 0 Å². The first kappa shape index (κ1) is 29.3. The first-order chi connectivity index (χ1) is 19.6. The molecule has 12 heteroatoms. The van der Waals surface area contributed by atoms with Gasteiger partial charge in [0.15, 0.2) is 10.0 Å². The highest BCUT2D eigenvalue weighted by Crippen LogP contribution is 2.41. The number of nitrogens with zero attached hydrogens (tertiary/aromatic N) is 4. The van der Waals surface area contributed by atoms with Gasteiger partial charge in [0.1, 0.15) is 5.60 Å². The van der Waals surface area contributed by atoms with E-state index in [9.17, 15) is 13.2 Å². The molecule has 3 aromatic heterocycles. The molecule has 3 heterocycles. The fourth-order valence-corrected chi connectivity index (χ4v) is 7.76. The SMILES string of the molecule is CC(C)NS(=O)(=O)c1ncc(-c2sc(-c3nnc(CC(C)(C)OC=O)o3)nc2CC2CCCCC2)c2ccccc12. The van der Waals surface area contributed by atoms with Crippen molar-refractivity contribution in [1.29, 1.82) is 0 Å². The number of hydrogen-bond donors (Lipinski definition) is 1. The number of aromatic nitrogens is 4. The minimum atomic E-state index is -3.81. The maximum Gasteiger partial charge on any atom is 0.293 e. The lowest BCUT2D eigenvalue weighted by molar-refractivity contribution is -0.140. The number of sulfonamides is 1. The van der Waals surface area contributed by atoms with Gasteiger partial charge in [-0.15, -0.1) is 21.5 Å². The van der Waals surface area contributed by atoms with Gasteiger partial charge in [0.05, 0.1) is 17.0 Å². The predicted molar refractivity (Wildman–Crippen MR) is 157 cm³/mol. The predicted octanol–water partition coefficient (Wildman–Crippen LogP) is 5.71. The van der Waals surface area contributed by atoms with Crippen LogP contribution in [0.5, 0.6) is 0 Å². The van der Waals surface area contributed by atoms with Gasteiger partial charge in [-0.2, -0.15) is 0 Å². The van der Waals surface area contributed by atoms with Crippen LogP contribution in [0.1, 0.15) is 71.4 Å². The fourth-order valence-electron chi connectivity index (χ4n) is 5.33. The van der Waals surface area contributed by atoms with E-state index in [1.54, 1.807) is 40.0 Å². The van der Waals surface area contributed by atoms with Gasteiger partial charge in [0.2, 0.25) is 5.89 Å². The first-order valence-electron chi connectivity index (χ1n) is 13.9. The van der Waals surface area contributed by atoms with Gasteiger partial charge >= 0.3 is 0 Å². The highest BCUT2D eigenvalue weighted by Gasteiger charge is 2.28. The van der Waals surface area contributed by atoms with Gasteiger partial charge in [0, 0.05) is 23.2 Å². The third-order valence-corrected chi connectivity index (χ3v) is 9.88. The molecular formula is C29H35N5O5S2. The highest BCUT2D eigenvalue weighted by atomic mass is 32.2. The van der Waals surface area contributed by atoms with Crippen molar-refractivity contribution < 1.29 is 22.4 Å². The highest BCUT2D eigenvalue weighted by molar-refractivity contribution is 7.89. The summed E-state index contributed by atoms with van der Waals surface area (Å²) >= 11 is 1.43. The van der Waals surface area contributed by atoms with Crippen LogP contribution >= 0.6 is 11.3 Å². The summed E-state index contributed by atoms with van der Waals surface area (Å²) < 4.78 is 40.0. The summed E-state index contributed by atoms with van der Waals surface area (Å²) in [5.41, 5.74) is 0.950. The van der Waals surface area contributed by atoms with Crippen LogP contribution in [0, 0.1) is 5.92 Å². The van der Waals surface area contributed by atoms with Crippen LogP contribution in [-0.2, 0) is 32.4 Å². The number of ether oxygens (including phenoxy) is 1. The third kappa shape index (κ3) is 6.65. The number of benzene rings is 1. The van der Waals surface area contributed by atoms with E-state index in [1.807, 2.05) is 18.2 Å². The average Bonchev–Trinajstić information content (AvgIpc) is 3.54. The van der Waals surface area contributed by atoms with E-state index in [1.165, 1.54) is 30.6 Å². The molecule has 0 spiro atoms. The van der Waals surface area contributed by atoms with E-state index in [2.05, 4.69) is 19.9 Å². The van der Waals surface area contributed by atoms with E-state index >= 15 is 0 Å². The molecule has 1 N–H and O–H groups in total. The molecule has 0 amide bonds. The van der Waals surface area contributed by atoms with Gasteiger partial charge in [-0.1, -0.05) is 56.4 Å². The monoisotopic (exact) mass is 597 g/mol. The van der Waals surface area contributed by atoms with Gasteiger partial charge in [-0.25, -0.2) is 23.1 Å². The van der Waals surface area contributed by atoms with E-state index in [-0.39, 0.29) is 17.5 Å². The fraction of sp³-hybridized carbons (Fsp3) is 0.483. The number of rotatable bonds is 11. The zero-order valence-electron chi connectivity index (χ0n) is 23.7. The van der Waals surface area contributed by atoms with Crippen LogP contribution in [-0.4, -0.2) is 46.7 Å². The molecule has 0 bridgehead atoms. The number of pyridine rings is 1. The Bertz CT molecular complexity index is 1640. The number of nitrogens with one attached hydrogen (secondary N) is 1. The normalized spacial score (nSPS) is 15.0. The average molecular weight is 598 g/mol. The van der Waals surface area contributed by atoms with E-state index in [0.717, 1.165) is 40.8 Å². The summed E-state index contributed by atoms with van der Waals surface area (Å²) in [5, 5.41) is 10.3. The molecule has 218 valence electrons. The summed E-state index contributed by atoms with van der Waals surface area (Å²) in [7, 11) is -3.81. The molecule has 0 unspecified atom stereocenters. The molecule has 0 atom stereocenters. The molecule has 10 nitrogen and oxygen atoms in total. The van der Waals surface area contributed by atoms with Gasteiger partial charge < -0.3 is 9.15 Å². The number of carbonyl (C=O) groups is 1. The molecule has 1 saturated carbocycles. The minimum Gasteiger partial charge on any atom is -0.461 e. The lowest BCUT2D eigenvalue weighted by atomic mass is 9.85. The van der Waals surface area contributed by atoms with Gasteiger partial charge in [-0.3, -0.25) is 4.79 Å². The Balaban J connectivity index is 1.59. The topological polar surface area (TPSA) is 137 Å². The van der Waals surface area contributed by atoms with Crippen molar-refractivity contribution in [3.8, 4) is 21.3 Å². The molecule has 41 heavy (non-hydrogen) atoms. The number of thiazole rings is 1. The molecule has 4 aromatic rings. The lowest BCUT2D eigenvalue weighted by Gasteiger charge is -2.21. The summed E-state index contributed by atoms with van der Waals surface area (Å²) in [6, 6.07) is 7.16. The summed E-state index contributed by atoms with van der Waals surface area (Å²) in [4.78, 5) is 21.2. The third-order valence-electron chi connectivity index (χ3n) is 7.15. The van der Waals surface area contributed by atoms with Crippen molar-refractivity contribution in [2.45, 2.75) is 89.3 Å². The van der Waals surface area contributed by atoms with E-state index in [0.29, 0.717) is 34.6 Å². The van der Waals surface area contributed by atoms with Crippen LogP contribution in [0.2, 0.25) is 0 Å². The van der Waals surface area contributed by atoms with Crippen LogP contribution in [0.25, 0.3) is 32.1 Å². The van der Waals surface area contributed by atoms with Crippen molar-refractivity contribution in [3.05, 3.63) is 42.0 Å². The molecular weight excluding hydrogens is 562 g/mol. The Labute approximate surface area is 244 Å². The summed E-state index contributed by atoms with van der Waals surface area (Å²) in [5.74, 6) is 1.16. The zero-order chi connectivity index (χ0) is 29.2. The Morgan fingerprint density at radius 3 is 2.59 bits per heavy atom. The first-order valence-corrected chi connectivity index (χ1v) is 16.2. The maximum absolute atomic E-state index is 13.1. The summed E-state index contributed by atoms with van der Waals surface area (Å²) in [6.07, 6.45) is 8.69. The smallest absolute Gasteiger partial charge is 0.293 e. The number of hydrogen-bond acceptors (Lipinski definition) is 10. The molecule has 0 saturated heterocycles. The standard InChI is InChI=1S/C29H35N5O5S2/c1-18(2)34-41(36,37)28-21-13-9-8-12-20(21)22(16-30-28)25-23(14-19-10-6-5-7-11-19)31-27(40-25)26-33-32-24(39-26)15-29(3,4)38-17-35/h8-9,12-13,16-19,34H,5-7,10-11,14-15H2,1-4H3. The minimum absolute atomic E-state index is 0.00539. The Morgan fingerprint density at radius 1 is 1.15 bits per heavy atom. The molecule has 1 aliphatic rings.